The first-order valence-electron chi connectivity index (χ1n) is 8.44. The molecule has 3 heterocycles. The van der Waals surface area contributed by atoms with Crippen molar-refractivity contribution < 1.29 is 23.8 Å². The third-order valence-corrected chi connectivity index (χ3v) is 5.96. The van der Waals surface area contributed by atoms with Crippen molar-refractivity contribution in [2.75, 3.05) is 13.9 Å². The number of aryl methyl sites for hydroxylation is 1. The lowest BCUT2D eigenvalue weighted by Gasteiger charge is -2.05. The highest BCUT2D eigenvalue weighted by molar-refractivity contribution is 7.16. The minimum atomic E-state index is -0.369. The van der Waals surface area contributed by atoms with Crippen LogP contribution >= 0.6 is 22.7 Å². The third-order valence-electron chi connectivity index (χ3n) is 4.08. The minimum Gasteiger partial charge on any atom is -0.469 e. The van der Waals surface area contributed by atoms with Gasteiger partial charge < -0.3 is 18.8 Å². The van der Waals surface area contributed by atoms with Crippen molar-refractivity contribution >= 4 is 50.8 Å². The van der Waals surface area contributed by atoms with Gasteiger partial charge in [-0.15, -0.1) is 11.3 Å². The number of fused-ring (bicyclic) bond motifs is 2. The Kier molecular flexibility index (Phi) is 5.27. The first-order chi connectivity index (χ1) is 13.6. The molecule has 0 spiro atoms. The van der Waals surface area contributed by atoms with Crippen molar-refractivity contribution in [2.24, 2.45) is 4.99 Å². The number of rotatable bonds is 5. The van der Waals surface area contributed by atoms with Crippen LogP contribution in [0.2, 0.25) is 0 Å². The average molecular weight is 416 g/mol. The minimum absolute atomic E-state index is 0.170. The van der Waals surface area contributed by atoms with Gasteiger partial charge in [-0.05, 0) is 17.5 Å². The summed E-state index contributed by atoms with van der Waals surface area (Å²) in [7, 11) is 1.35. The molecule has 28 heavy (non-hydrogen) atoms. The van der Waals surface area contributed by atoms with Gasteiger partial charge >= 0.3 is 5.97 Å². The summed E-state index contributed by atoms with van der Waals surface area (Å²) in [5.41, 5.74) is 0.826. The number of thiazole rings is 1. The molecule has 144 valence electrons. The fourth-order valence-corrected chi connectivity index (χ4v) is 4.43. The van der Waals surface area contributed by atoms with Crippen LogP contribution in [0.15, 0.2) is 40.7 Å². The highest BCUT2D eigenvalue weighted by Crippen LogP contribution is 2.37. The maximum absolute atomic E-state index is 12.3. The monoisotopic (exact) mass is 416 g/mol. The number of thiophene rings is 1. The van der Waals surface area contributed by atoms with E-state index >= 15 is 0 Å². The average Bonchev–Trinajstić information content (AvgIpc) is 3.42. The Morgan fingerprint density at radius 2 is 2.14 bits per heavy atom. The molecular formula is C19H16N2O5S2. The number of benzene rings is 1. The molecule has 7 nitrogen and oxygen atoms in total. The standard InChI is InChI=1S/C19H16N2O5S2/c1-24-18(23)6-7-21-13-9-14-15(26-11-25-14)10-16(13)28-19(21)20-17(22)5-4-12-3-2-8-27-12/h2-5,8-10H,6-7,11H2,1H3/b5-4+,20-19?. The van der Waals surface area contributed by atoms with E-state index in [4.69, 9.17) is 14.2 Å². The SMILES string of the molecule is COC(=O)CCn1c(=NC(=O)/C=C/c2cccs2)sc2cc3c(cc21)OCO3. The van der Waals surface area contributed by atoms with Crippen molar-refractivity contribution in [1.82, 2.24) is 4.57 Å². The molecule has 3 aromatic rings. The Labute approximate surface area is 168 Å². The smallest absolute Gasteiger partial charge is 0.307 e. The maximum Gasteiger partial charge on any atom is 0.307 e. The predicted octanol–water partition coefficient (Wildman–Crippen LogP) is 3.20. The molecule has 1 aromatic carbocycles. The quantitative estimate of drug-likeness (QED) is 0.471. The Balaban J connectivity index is 1.73. The van der Waals surface area contributed by atoms with Gasteiger partial charge in [0.2, 0.25) is 6.79 Å². The summed E-state index contributed by atoms with van der Waals surface area (Å²) >= 11 is 2.90. The number of amides is 1. The van der Waals surface area contributed by atoms with Gasteiger partial charge in [0, 0.05) is 29.6 Å². The fraction of sp³-hybridized carbons (Fsp3) is 0.211. The van der Waals surface area contributed by atoms with E-state index in [-0.39, 0.29) is 25.1 Å². The Morgan fingerprint density at radius 1 is 1.32 bits per heavy atom. The summed E-state index contributed by atoms with van der Waals surface area (Å²) < 4.78 is 18.3. The number of ether oxygens (including phenoxy) is 3. The van der Waals surface area contributed by atoms with Crippen molar-refractivity contribution in [3.05, 3.63) is 45.4 Å². The Hall–Kier alpha value is -2.91. The van der Waals surface area contributed by atoms with Crippen molar-refractivity contribution in [1.29, 1.82) is 0 Å². The number of nitrogens with zero attached hydrogens (tertiary/aromatic N) is 2. The molecule has 0 aliphatic carbocycles. The van der Waals surface area contributed by atoms with E-state index in [0.29, 0.717) is 22.8 Å². The molecule has 1 aliphatic rings. The number of methoxy groups -OCH3 is 1. The normalized spacial score (nSPS) is 13.5. The summed E-state index contributed by atoms with van der Waals surface area (Å²) in [4.78, 5) is 29.7. The van der Waals surface area contributed by atoms with Crippen LogP contribution in [0.4, 0.5) is 0 Å². The van der Waals surface area contributed by atoms with Crippen molar-refractivity contribution in [2.45, 2.75) is 13.0 Å². The second-order valence-corrected chi connectivity index (χ2v) is 7.82. The topological polar surface area (TPSA) is 79.1 Å². The number of esters is 1. The maximum atomic E-state index is 12.3. The van der Waals surface area contributed by atoms with Crippen LogP contribution in [0, 0.1) is 0 Å². The number of aromatic nitrogens is 1. The number of carbonyl (C=O) groups excluding carboxylic acids is 2. The van der Waals surface area contributed by atoms with Gasteiger partial charge in [0.1, 0.15) is 0 Å². The lowest BCUT2D eigenvalue weighted by molar-refractivity contribution is -0.140. The molecule has 0 radical (unpaired) electrons. The highest BCUT2D eigenvalue weighted by Gasteiger charge is 2.18. The fourth-order valence-electron chi connectivity index (χ4n) is 2.74. The van der Waals surface area contributed by atoms with Crippen LogP contribution in [0.25, 0.3) is 16.3 Å². The third kappa shape index (κ3) is 3.85. The molecule has 0 saturated carbocycles. The molecule has 9 heteroatoms. The van der Waals surface area contributed by atoms with E-state index in [9.17, 15) is 9.59 Å². The van der Waals surface area contributed by atoms with Gasteiger partial charge in [-0.3, -0.25) is 9.59 Å². The summed E-state index contributed by atoms with van der Waals surface area (Å²) in [6.07, 6.45) is 3.34. The molecule has 1 amide bonds. The lowest BCUT2D eigenvalue weighted by Crippen LogP contribution is -2.18. The van der Waals surface area contributed by atoms with E-state index in [1.54, 1.807) is 17.4 Å². The van der Waals surface area contributed by atoms with Gasteiger partial charge in [-0.1, -0.05) is 17.4 Å². The van der Waals surface area contributed by atoms with E-state index in [2.05, 4.69) is 4.99 Å². The van der Waals surface area contributed by atoms with Crippen LogP contribution < -0.4 is 14.3 Å². The molecular weight excluding hydrogens is 400 g/mol. The van der Waals surface area contributed by atoms with Gasteiger partial charge in [0.15, 0.2) is 16.3 Å². The van der Waals surface area contributed by atoms with E-state index < -0.39 is 0 Å². The Bertz CT molecular complexity index is 1130. The molecule has 0 atom stereocenters. The first-order valence-corrected chi connectivity index (χ1v) is 10.1. The molecule has 0 N–H and O–H groups in total. The zero-order valence-corrected chi connectivity index (χ0v) is 16.5. The lowest BCUT2D eigenvalue weighted by atomic mass is 10.3. The van der Waals surface area contributed by atoms with Crippen molar-refractivity contribution in [3.8, 4) is 11.5 Å². The predicted molar refractivity (Wildman–Crippen MR) is 106 cm³/mol. The number of hydrogen-bond acceptors (Lipinski definition) is 7. The summed E-state index contributed by atoms with van der Waals surface area (Å²) in [5, 5.41) is 1.94. The second kappa shape index (κ2) is 7.99. The van der Waals surface area contributed by atoms with E-state index in [1.165, 1.54) is 24.5 Å². The molecule has 1 aliphatic heterocycles. The Morgan fingerprint density at radius 3 is 2.89 bits per heavy atom. The molecule has 2 aromatic heterocycles. The summed E-state index contributed by atoms with van der Waals surface area (Å²) in [6, 6.07) is 7.55. The second-order valence-electron chi connectivity index (χ2n) is 5.83. The van der Waals surface area contributed by atoms with Crippen LogP contribution in [0.5, 0.6) is 11.5 Å². The van der Waals surface area contributed by atoms with Gasteiger partial charge in [-0.25, -0.2) is 0 Å². The van der Waals surface area contributed by atoms with Gasteiger partial charge in [0.05, 0.1) is 23.7 Å². The summed E-state index contributed by atoms with van der Waals surface area (Å²) in [5.74, 6) is 0.589. The molecule has 0 bridgehead atoms. The zero-order chi connectivity index (χ0) is 19.5. The van der Waals surface area contributed by atoms with Gasteiger partial charge in [0.25, 0.3) is 5.91 Å². The highest BCUT2D eigenvalue weighted by atomic mass is 32.1. The number of hydrogen-bond donors (Lipinski definition) is 0. The van der Waals surface area contributed by atoms with Crippen molar-refractivity contribution in [3.63, 3.8) is 0 Å². The number of carbonyl (C=O) groups is 2. The van der Waals surface area contributed by atoms with Gasteiger partial charge in [-0.2, -0.15) is 4.99 Å². The molecule has 4 rings (SSSR count). The first kappa shape index (κ1) is 18.5. The van der Waals surface area contributed by atoms with Crippen LogP contribution in [-0.2, 0) is 20.9 Å². The summed E-state index contributed by atoms with van der Waals surface area (Å²) in [6.45, 7) is 0.519. The molecule has 0 saturated heterocycles. The zero-order valence-electron chi connectivity index (χ0n) is 14.9. The van der Waals surface area contributed by atoms with E-state index in [0.717, 1.165) is 15.1 Å². The van der Waals surface area contributed by atoms with Crippen LogP contribution in [-0.4, -0.2) is 30.3 Å². The van der Waals surface area contributed by atoms with Crippen LogP contribution in [0.3, 0.4) is 0 Å². The molecule has 0 fully saturated rings. The van der Waals surface area contributed by atoms with E-state index in [1.807, 2.05) is 34.2 Å². The van der Waals surface area contributed by atoms with Crippen LogP contribution in [0.1, 0.15) is 11.3 Å². The molecule has 0 unspecified atom stereocenters. The largest absolute Gasteiger partial charge is 0.469 e.